The Labute approximate surface area is 153 Å². The summed E-state index contributed by atoms with van der Waals surface area (Å²) in [5, 5.41) is 5.05. The molecule has 0 aliphatic carbocycles. The lowest BCUT2D eigenvalue weighted by Crippen LogP contribution is -2.41. The van der Waals surface area contributed by atoms with Gasteiger partial charge in [0.25, 0.3) is 0 Å². The molecular weight excluding hydrogens is 358 g/mol. The third-order valence-electron chi connectivity index (χ3n) is 3.86. The molecule has 0 bridgehead atoms. The molecule has 0 radical (unpaired) electrons. The van der Waals surface area contributed by atoms with E-state index < -0.39 is 21.8 Å². The van der Waals surface area contributed by atoms with Crippen LogP contribution in [-0.2, 0) is 30.9 Å². The normalized spacial score (nSPS) is 15.7. The van der Waals surface area contributed by atoms with Gasteiger partial charge in [-0.05, 0) is 23.6 Å². The number of rotatable bonds is 6. The highest BCUT2D eigenvalue weighted by atomic mass is 32.2. The van der Waals surface area contributed by atoms with Crippen LogP contribution in [0.25, 0.3) is 0 Å². The Morgan fingerprint density at radius 2 is 1.65 bits per heavy atom. The fourth-order valence-electron chi connectivity index (χ4n) is 2.36. The molecule has 2 N–H and O–H groups in total. The number of hydrogen-bond acceptors (Lipinski definition) is 5. The topological polar surface area (TPSA) is 105 Å². The Morgan fingerprint density at radius 3 is 2.23 bits per heavy atom. The van der Waals surface area contributed by atoms with E-state index in [0.717, 1.165) is 0 Å². The number of sulfonamides is 1. The molecule has 1 aromatic carbocycles. The monoisotopic (exact) mass is 383 g/mol. The fraction of sp³-hybridized carbons (Fsp3) is 0.529. The highest BCUT2D eigenvalue weighted by Crippen LogP contribution is 2.17. The molecule has 0 unspecified atom stereocenters. The lowest BCUT2D eigenvalue weighted by atomic mass is 10.2. The summed E-state index contributed by atoms with van der Waals surface area (Å²) in [7, 11) is -3.54. The zero-order valence-electron chi connectivity index (χ0n) is 15.0. The quantitative estimate of drug-likeness (QED) is 0.678. The minimum atomic E-state index is -3.54. The molecule has 26 heavy (non-hydrogen) atoms. The Kier molecular flexibility index (Phi) is 7.13. The maximum Gasteiger partial charge on any atom is 0.309 e. The van der Waals surface area contributed by atoms with Crippen LogP contribution >= 0.6 is 0 Å². The van der Waals surface area contributed by atoms with E-state index in [2.05, 4.69) is 10.6 Å². The largest absolute Gasteiger partial charge is 0.379 e. The van der Waals surface area contributed by atoms with Crippen LogP contribution in [0.4, 0.5) is 0 Å². The molecule has 1 aromatic rings. The van der Waals surface area contributed by atoms with Crippen molar-refractivity contribution in [2.45, 2.75) is 25.3 Å². The first kappa shape index (κ1) is 20.3. The summed E-state index contributed by atoms with van der Waals surface area (Å²) in [5.41, 5.74) is 0.705. The van der Waals surface area contributed by atoms with Crippen LogP contribution in [0, 0.1) is 5.92 Å². The Morgan fingerprint density at radius 1 is 1.08 bits per heavy atom. The fourth-order valence-corrected chi connectivity index (χ4v) is 3.76. The lowest BCUT2D eigenvalue weighted by Gasteiger charge is -2.26. The second-order valence-corrected chi connectivity index (χ2v) is 8.38. The predicted molar refractivity (Wildman–Crippen MR) is 95.7 cm³/mol. The van der Waals surface area contributed by atoms with Gasteiger partial charge in [0.05, 0.1) is 18.1 Å². The number of ether oxygens (including phenoxy) is 1. The number of amides is 2. The van der Waals surface area contributed by atoms with Gasteiger partial charge in [0.1, 0.15) is 0 Å². The summed E-state index contributed by atoms with van der Waals surface area (Å²) in [6.07, 6.45) is 0. The third kappa shape index (κ3) is 5.52. The summed E-state index contributed by atoms with van der Waals surface area (Å²) < 4.78 is 31.6. The number of nitrogens with zero attached hydrogens (tertiary/aromatic N) is 1. The average molecular weight is 383 g/mol. The molecule has 1 fully saturated rings. The summed E-state index contributed by atoms with van der Waals surface area (Å²) in [6.45, 7) is 5.91. The van der Waals surface area contributed by atoms with Crippen molar-refractivity contribution < 1.29 is 22.7 Å². The second kappa shape index (κ2) is 9.11. The first-order valence-corrected chi connectivity index (χ1v) is 9.97. The van der Waals surface area contributed by atoms with E-state index in [1.807, 2.05) is 13.8 Å². The molecule has 144 valence electrons. The Bertz CT molecular complexity index is 725. The van der Waals surface area contributed by atoms with Gasteiger partial charge in [-0.1, -0.05) is 26.0 Å². The van der Waals surface area contributed by atoms with Gasteiger partial charge in [-0.25, -0.2) is 8.42 Å². The van der Waals surface area contributed by atoms with Crippen molar-refractivity contribution in [3.63, 3.8) is 0 Å². The first-order valence-electron chi connectivity index (χ1n) is 8.53. The molecule has 0 saturated carbocycles. The van der Waals surface area contributed by atoms with Gasteiger partial charge in [0, 0.05) is 26.2 Å². The third-order valence-corrected chi connectivity index (χ3v) is 5.77. The van der Waals surface area contributed by atoms with E-state index in [1.165, 1.54) is 16.4 Å². The van der Waals surface area contributed by atoms with E-state index in [4.69, 9.17) is 4.74 Å². The zero-order chi connectivity index (χ0) is 19.2. The van der Waals surface area contributed by atoms with Crippen LogP contribution < -0.4 is 10.6 Å². The summed E-state index contributed by atoms with van der Waals surface area (Å²) in [5.74, 6) is -1.13. The van der Waals surface area contributed by atoms with Gasteiger partial charge >= 0.3 is 11.8 Å². The van der Waals surface area contributed by atoms with Crippen LogP contribution in [0.1, 0.15) is 19.4 Å². The van der Waals surface area contributed by atoms with Gasteiger partial charge in [-0.15, -0.1) is 0 Å². The van der Waals surface area contributed by atoms with Crippen LogP contribution in [0.15, 0.2) is 29.2 Å². The van der Waals surface area contributed by atoms with E-state index >= 15 is 0 Å². The number of carbonyl (C=O) groups is 2. The molecule has 1 saturated heterocycles. The molecule has 0 aromatic heterocycles. The average Bonchev–Trinajstić information content (AvgIpc) is 2.65. The summed E-state index contributed by atoms with van der Waals surface area (Å²) >= 11 is 0. The lowest BCUT2D eigenvalue weighted by molar-refractivity contribution is -0.139. The van der Waals surface area contributed by atoms with Crippen molar-refractivity contribution in [2.24, 2.45) is 5.92 Å². The highest BCUT2D eigenvalue weighted by molar-refractivity contribution is 7.89. The van der Waals surface area contributed by atoms with E-state index in [0.29, 0.717) is 38.4 Å². The molecule has 1 heterocycles. The van der Waals surface area contributed by atoms with Crippen molar-refractivity contribution >= 4 is 21.8 Å². The SMILES string of the molecule is CC(C)CNC(=O)C(=O)NCc1ccc(S(=O)(=O)N2CCOCC2)cc1. The van der Waals surface area contributed by atoms with E-state index in [1.54, 1.807) is 12.1 Å². The van der Waals surface area contributed by atoms with Crippen LogP contribution in [0.2, 0.25) is 0 Å². The molecule has 8 nitrogen and oxygen atoms in total. The van der Waals surface area contributed by atoms with E-state index in [9.17, 15) is 18.0 Å². The van der Waals surface area contributed by atoms with E-state index in [-0.39, 0.29) is 17.4 Å². The minimum absolute atomic E-state index is 0.145. The van der Waals surface area contributed by atoms with Crippen LogP contribution in [-0.4, -0.2) is 57.4 Å². The van der Waals surface area contributed by atoms with Crippen molar-refractivity contribution in [3.05, 3.63) is 29.8 Å². The van der Waals surface area contributed by atoms with Crippen LogP contribution in [0.3, 0.4) is 0 Å². The minimum Gasteiger partial charge on any atom is -0.379 e. The smallest absolute Gasteiger partial charge is 0.309 e. The summed E-state index contributed by atoms with van der Waals surface area (Å²) in [6, 6.07) is 6.26. The van der Waals surface area contributed by atoms with Crippen LogP contribution in [0.5, 0.6) is 0 Å². The Balaban J connectivity index is 1.91. The number of benzene rings is 1. The van der Waals surface area contributed by atoms with Crippen molar-refractivity contribution in [1.82, 2.24) is 14.9 Å². The van der Waals surface area contributed by atoms with Crippen molar-refractivity contribution in [1.29, 1.82) is 0 Å². The van der Waals surface area contributed by atoms with Gasteiger partial charge < -0.3 is 15.4 Å². The standard InChI is InChI=1S/C17H25N3O5S/c1-13(2)11-18-16(21)17(22)19-12-14-3-5-15(6-4-14)26(23,24)20-7-9-25-10-8-20/h3-6,13H,7-12H2,1-2H3,(H,18,21)(H,19,22). The Hall–Kier alpha value is -1.97. The molecular formula is C17H25N3O5S. The molecule has 9 heteroatoms. The van der Waals surface area contributed by atoms with Crippen molar-refractivity contribution in [3.8, 4) is 0 Å². The molecule has 2 amide bonds. The molecule has 1 aliphatic rings. The first-order chi connectivity index (χ1) is 12.3. The summed E-state index contributed by atoms with van der Waals surface area (Å²) in [4.78, 5) is 23.5. The molecule has 0 atom stereocenters. The molecule has 2 rings (SSSR count). The van der Waals surface area contributed by atoms with Gasteiger partial charge in [0.2, 0.25) is 10.0 Å². The van der Waals surface area contributed by atoms with Gasteiger partial charge in [-0.3, -0.25) is 9.59 Å². The maximum absolute atomic E-state index is 12.5. The highest BCUT2D eigenvalue weighted by Gasteiger charge is 2.26. The second-order valence-electron chi connectivity index (χ2n) is 6.45. The number of nitrogens with one attached hydrogen (secondary N) is 2. The number of carbonyl (C=O) groups excluding carboxylic acids is 2. The zero-order valence-corrected chi connectivity index (χ0v) is 15.8. The number of hydrogen-bond donors (Lipinski definition) is 2. The van der Waals surface area contributed by atoms with Gasteiger partial charge in [0.15, 0.2) is 0 Å². The number of morpholine rings is 1. The van der Waals surface area contributed by atoms with Crippen molar-refractivity contribution in [2.75, 3.05) is 32.8 Å². The molecule has 1 aliphatic heterocycles. The molecule has 0 spiro atoms. The van der Waals surface area contributed by atoms with Gasteiger partial charge in [-0.2, -0.15) is 4.31 Å². The maximum atomic E-state index is 12.5. The predicted octanol–water partition coefficient (Wildman–Crippen LogP) is 0.0959.